The Morgan fingerprint density at radius 2 is 1.80 bits per heavy atom. The van der Waals surface area contributed by atoms with E-state index < -0.39 is 23.3 Å². The van der Waals surface area contributed by atoms with Gasteiger partial charge in [-0.1, -0.05) is 0 Å². The lowest BCUT2D eigenvalue weighted by atomic mass is 10.1. The summed E-state index contributed by atoms with van der Waals surface area (Å²) in [7, 11) is 1.95. The van der Waals surface area contributed by atoms with Crippen molar-refractivity contribution in [3.63, 3.8) is 0 Å². The van der Waals surface area contributed by atoms with Crippen molar-refractivity contribution in [1.82, 2.24) is 4.90 Å². The van der Waals surface area contributed by atoms with Crippen LogP contribution in [-0.4, -0.2) is 49.2 Å². The Kier molecular flexibility index (Phi) is 3.89. The van der Waals surface area contributed by atoms with Crippen molar-refractivity contribution < 1.29 is 23.1 Å². The summed E-state index contributed by atoms with van der Waals surface area (Å²) in [6.07, 6.45) is -4.67. The lowest BCUT2D eigenvalue weighted by Crippen LogP contribution is -2.44. The fourth-order valence-corrected chi connectivity index (χ4v) is 2.21. The number of aromatic carboxylic acids is 1. The number of nitrogens with zero attached hydrogens (tertiary/aromatic N) is 2. The van der Waals surface area contributed by atoms with E-state index in [1.165, 1.54) is 6.07 Å². The maximum atomic E-state index is 12.9. The van der Waals surface area contributed by atoms with Crippen LogP contribution in [-0.2, 0) is 6.18 Å². The number of anilines is 1. The monoisotopic (exact) mass is 288 g/mol. The van der Waals surface area contributed by atoms with Gasteiger partial charge in [-0.3, -0.25) is 0 Å². The summed E-state index contributed by atoms with van der Waals surface area (Å²) < 4.78 is 38.8. The molecule has 4 nitrogen and oxygen atoms in total. The first-order chi connectivity index (χ1) is 9.29. The molecule has 0 unspecified atom stereocenters. The summed E-state index contributed by atoms with van der Waals surface area (Å²) in [5, 5.41) is 8.84. The summed E-state index contributed by atoms with van der Waals surface area (Å²) in [5.74, 6) is -1.57. The number of alkyl halides is 3. The predicted octanol–water partition coefficient (Wildman–Crippen LogP) is 2.16. The number of piperazine rings is 1. The largest absolute Gasteiger partial charge is 0.478 e. The van der Waals surface area contributed by atoms with E-state index in [2.05, 4.69) is 4.90 Å². The second-order valence-electron chi connectivity index (χ2n) is 4.82. The van der Waals surface area contributed by atoms with Gasteiger partial charge in [0.1, 0.15) is 0 Å². The molecule has 0 saturated carbocycles. The highest BCUT2D eigenvalue weighted by Crippen LogP contribution is 2.34. The van der Waals surface area contributed by atoms with Gasteiger partial charge in [-0.05, 0) is 25.2 Å². The van der Waals surface area contributed by atoms with Gasteiger partial charge in [0.05, 0.1) is 11.1 Å². The Bertz CT molecular complexity index is 509. The molecular weight excluding hydrogens is 273 g/mol. The zero-order valence-electron chi connectivity index (χ0n) is 10.9. The molecule has 1 aromatic carbocycles. The highest BCUT2D eigenvalue weighted by Gasteiger charge is 2.36. The molecule has 0 spiro atoms. The van der Waals surface area contributed by atoms with Gasteiger partial charge < -0.3 is 14.9 Å². The SMILES string of the molecule is CN1CCN(c2ccc(C(=O)O)c(C(F)(F)F)c2)CC1. The number of rotatable bonds is 2. The van der Waals surface area contributed by atoms with Gasteiger partial charge in [-0.2, -0.15) is 13.2 Å². The number of likely N-dealkylation sites (N-methyl/N-ethyl adjacent to an activating group) is 1. The first kappa shape index (κ1) is 14.6. The smallest absolute Gasteiger partial charge is 0.417 e. The van der Waals surface area contributed by atoms with Gasteiger partial charge in [-0.15, -0.1) is 0 Å². The number of carboxylic acid groups (broad SMARTS) is 1. The minimum Gasteiger partial charge on any atom is -0.478 e. The fourth-order valence-electron chi connectivity index (χ4n) is 2.21. The van der Waals surface area contributed by atoms with Gasteiger partial charge in [0.25, 0.3) is 0 Å². The molecule has 1 aliphatic heterocycles. The van der Waals surface area contributed by atoms with Gasteiger partial charge >= 0.3 is 12.1 Å². The van der Waals surface area contributed by atoms with E-state index in [4.69, 9.17) is 5.11 Å². The van der Waals surface area contributed by atoms with E-state index in [-0.39, 0.29) is 0 Å². The van der Waals surface area contributed by atoms with Crippen LogP contribution in [0.3, 0.4) is 0 Å². The molecule has 2 rings (SSSR count). The van der Waals surface area contributed by atoms with Gasteiger partial charge in [0.2, 0.25) is 0 Å². The van der Waals surface area contributed by atoms with Crippen molar-refractivity contribution in [3.8, 4) is 0 Å². The van der Waals surface area contributed by atoms with Crippen molar-refractivity contribution in [1.29, 1.82) is 0 Å². The third-order valence-corrected chi connectivity index (χ3v) is 3.41. The number of hydrogen-bond donors (Lipinski definition) is 1. The second-order valence-corrected chi connectivity index (χ2v) is 4.82. The lowest BCUT2D eigenvalue weighted by Gasteiger charge is -2.34. The van der Waals surface area contributed by atoms with E-state index in [9.17, 15) is 18.0 Å². The second kappa shape index (κ2) is 5.32. The zero-order chi connectivity index (χ0) is 14.9. The number of benzene rings is 1. The van der Waals surface area contributed by atoms with Crippen molar-refractivity contribution >= 4 is 11.7 Å². The molecule has 110 valence electrons. The number of hydrogen-bond acceptors (Lipinski definition) is 3. The summed E-state index contributed by atoms with van der Waals surface area (Å²) in [4.78, 5) is 14.8. The molecule has 1 heterocycles. The van der Waals surface area contributed by atoms with Crippen molar-refractivity contribution in [2.75, 3.05) is 38.1 Å². The standard InChI is InChI=1S/C13H15F3N2O2/c1-17-4-6-18(7-5-17)9-2-3-10(12(19)20)11(8-9)13(14,15)16/h2-3,8H,4-7H2,1H3,(H,19,20). The number of carboxylic acids is 1. The molecule has 1 fully saturated rings. The zero-order valence-corrected chi connectivity index (χ0v) is 10.9. The van der Waals surface area contributed by atoms with Crippen LogP contribution < -0.4 is 4.90 Å². The van der Waals surface area contributed by atoms with E-state index in [1.807, 2.05) is 11.9 Å². The predicted molar refractivity (Wildman–Crippen MR) is 68.1 cm³/mol. The van der Waals surface area contributed by atoms with Crippen molar-refractivity contribution in [3.05, 3.63) is 29.3 Å². The molecule has 1 aliphatic rings. The van der Waals surface area contributed by atoms with Gasteiger partial charge in [0, 0.05) is 31.9 Å². The maximum absolute atomic E-state index is 12.9. The summed E-state index contributed by atoms with van der Waals surface area (Å²) in [5.41, 5.74) is -1.40. The Morgan fingerprint density at radius 3 is 2.30 bits per heavy atom. The normalized spacial score (nSPS) is 17.3. The van der Waals surface area contributed by atoms with Crippen molar-refractivity contribution in [2.45, 2.75) is 6.18 Å². The fraction of sp³-hybridized carbons (Fsp3) is 0.462. The molecular formula is C13H15F3N2O2. The molecule has 0 atom stereocenters. The first-order valence-electron chi connectivity index (χ1n) is 6.17. The average Bonchev–Trinajstić information content (AvgIpc) is 2.38. The highest BCUT2D eigenvalue weighted by molar-refractivity contribution is 5.90. The molecule has 0 bridgehead atoms. The Hall–Kier alpha value is -1.76. The van der Waals surface area contributed by atoms with Gasteiger partial charge in [0.15, 0.2) is 0 Å². The molecule has 0 aliphatic carbocycles. The van der Waals surface area contributed by atoms with E-state index in [0.717, 1.165) is 25.2 Å². The first-order valence-corrected chi connectivity index (χ1v) is 6.17. The maximum Gasteiger partial charge on any atom is 0.417 e. The van der Waals surface area contributed by atoms with Crippen LogP contribution >= 0.6 is 0 Å². The third-order valence-electron chi connectivity index (χ3n) is 3.41. The Morgan fingerprint density at radius 1 is 1.20 bits per heavy atom. The summed E-state index contributed by atoms with van der Waals surface area (Å²) in [6, 6.07) is 3.39. The molecule has 7 heteroatoms. The van der Waals surface area contributed by atoms with E-state index in [1.54, 1.807) is 0 Å². The van der Waals surface area contributed by atoms with Gasteiger partial charge in [-0.25, -0.2) is 4.79 Å². The average molecular weight is 288 g/mol. The molecule has 0 amide bonds. The quantitative estimate of drug-likeness (QED) is 0.905. The Balaban J connectivity index is 2.35. The Labute approximate surface area is 114 Å². The molecule has 0 aromatic heterocycles. The van der Waals surface area contributed by atoms with Crippen LogP contribution in [0.2, 0.25) is 0 Å². The molecule has 0 radical (unpaired) electrons. The highest BCUT2D eigenvalue weighted by atomic mass is 19.4. The summed E-state index contributed by atoms with van der Waals surface area (Å²) in [6.45, 7) is 2.78. The molecule has 20 heavy (non-hydrogen) atoms. The van der Waals surface area contributed by atoms with E-state index in [0.29, 0.717) is 18.8 Å². The van der Waals surface area contributed by atoms with Crippen LogP contribution in [0.15, 0.2) is 18.2 Å². The van der Waals surface area contributed by atoms with Crippen LogP contribution in [0.5, 0.6) is 0 Å². The number of carbonyl (C=O) groups is 1. The molecule has 1 N–H and O–H groups in total. The topological polar surface area (TPSA) is 43.8 Å². The third kappa shape index (κ3) is 3.04. The minimum atomic E-state index is -4.67. The van der Waals surface area contributed by atoms with E-state index >= 15 is 0 Å². The molecule has 1 saturated heterocycles. The van der Waals surface area contributed by atoms with Crippen molar-refractivity contribution in [2.24, 2.45) is 0 Å². The number of halogens is 3. The van der Waals surface area contributed by atoms with Crippen LogP contribution in [0.1, 0.15) is 15.9 Å². The van der Waals surface area contributed by atoms with Crippen LogP contribution in [0.25, 0.3) is 0 Å². The molecule has 1 aromatic rings. The van der Waals surface area contributed by atoms with Crippen LogP contribution in [0.4, 0.5) is 18.9 Å². The van der Waals surface area contributed by atoms with Crippen LogP contribution in [0, 0.1) is 0 Å². The summed E-state index contributed by atoms with van der Waals surface area (Å²) >= 11 is 0. The lowest BCUT2D eigenvalue weighted by molar-refractivity contribution is -0.138. The minimum absolute atomic E-state index is 0.412.